The number of amides is 1. The number of thioether (sulfide) groups is 1. The van der Waals surface area contributed by atoms with Crippen molar-refractivity contribution >= 4 is 28.7 Å². The van der Waals surface area contributed by atoms with Crippen molar-refractivity contribution in [3.05, 3.63) is 68.7 Å². The Bertz CT molecular complexity index is 1420. The molecule has 1 aromatic carbocycles. The Hall–Kier alpha value is -3.14. The number of rotatable bonds is 8. The van der Waals surface area contributed by atoms with Gasteiger partial charge < -0.3 is 10.1 Å². The van der Waals surface area contributed by atoms with Gasteiger partial charge in [-0.1, -0.05) is 13.3 Å². The van der Waals surface area contributed by atoms with Crippen molar-refractivity contribution in [1.29, 1.82) is 0 Å². The molecule has 3 aromatic rings. The number of carbonyl (C=O) groups is 1. The second-order valence-corrected chi connectivity index (χ2v) is 11.6. The Kier molecular flexibility index (Phi) is 8.69. The number of fused-ring (bicyclic) bond motifs is 1. The molecule has 1 amide bonds. The number of ether oxygens (including phenoxy) is 1. The van der Waals surface area contributed by atoms with Crippen LogP contribution in [0.15, 0.2) is 46.1 Å². The zero-order valence-electron chi connectivity index (χ0n) is 22.2. The highest BCUT2D eigenvalue weighted by Gasteiger charge is 2.29. The second kappa shape index (κ2) is 12.4. The van der Waals surface area contributed by atoms with Gasteiger partial charge in [-0.3, -0.25) is 18.7 Å². The molecular weight excluding hydrogens is 519 g/mol. The van der Waals surface area contributed by atoms with Crippen molar-refractivity contribution in [3.63, 3.8) is 0 Å². The summed E-state index contributed by atoms with van der Waals surface area (Å²) in [5, 5.41) is 3.24. The highest BCUT2D eigenvalue weighted by molar-refractivity contribution is 7.99. The van der Waals surface area contributed by atoms with Crippen LogP contribution >= 0.6 is 11.8 Å². The minimum Gasteiger partial charge on any atom is -0.494 e. The number of nitrogens with zero attached hydrogens (tertiary/aromatic N) is 3. The topological polar surface area (TPSA) is 95.2 Å². The first kappa shape index (κ1) is 27.4. The van der Waals surface area contributed by atoms with E-state index < -0.39 is 11.4 Å². The lowest BCUT2D eigenvalue weighted by Crippen LogP contribution is -2.46. The molecule has 0 radical (unpaired) electrons. The van der Waals surface area contributed by atoms with Crippen molar-refractivity contribution in [3.8, 4) is 5.75 Å². The molecule has 1 N–H and O–H groups in total. The average molecular weight is 555 g/mol. The molecule has 8 nitrogen and oxygen atoms in total. The maximum absolute atomic E-state index is 14.1. The molecular formula is C29H35FN4O4S. The average Bonchev–Trinajstić information content (AvgIpc) is 2.95. The number of pyridine rings is 1. The van der Waals surface area contributed by atoms with Gasteiger partial charge in [-0.05, 0) is 86.8 Å². The highest BCUT2D eigenvalue weighted by Crippen LogP contribution is 2.30. The lowest BCUT2D eigenvalue weighted by atomic mass is 9.90. The molecule has 1 saturated carbocycles. The first-order chi connectivity index (χ1) is 19.0. The molecule has 2 aliphatic rings. The lowest BCUT2D eigenvalue weighted by molar-refractivity contribution is 0.0921. The van der Waals surface area contributed by atoms with Crippen molar-refractivity contribution in [1.82, 2.24) is 19.4 Å². The SMILES string of the molecule is CCCCOc1ccc(C(=O)N[C@H]2CC[C@@H](n3c(=O)c4cc(F)cnc4n(C4CCSCC4)c3=O)CC2)cc1. The Labute approximate surface area is 231 Å². The fourth-order valence-electron chi connectivity index (χ4n) is 5.58. The maximum Gasteiger partial charge on any atom is 0.333 e. The first-order valence-electron chi connectivity index (χ1n) is 13.9. The summed E-state index contributed by atoms with van der Waals surface area (Å²) >= 11 is 1.85. The van der Waals surface area contributed by atoms with Crippen LogP contribution in [0.1, 0.15) is 80.7 Å². The van der Waals surface area contributed by atoms with Crippen molar-refractivity contribution in [2.75, 3.05) is 18.1 Å². The standard InChI is InChI=1S/C29H35FN4O4S/c1-2-3-14-38-24-10-4-19(5-11-24)27(35)32-21-6-8-22(9-7-21)34-28(36)25-17-20(30)18-31-26(25)33(29(34)37)23-12-15-39-16-13-23/h4-5,10-11,17-18,21-23H,2-3,6-9,12-16H2,1H3,(H,32,35)/t21-,22+. The zero-order chi connectivity index (χ0) is 27.4. The number of unbranched alkanes of at least 4 members (excludes halogenated alkanes) is 1. The van der Waals surface area contributed by atoms with E-state index >= 15 is 0 Å². The third kappa shape index (κ3) is 6.05. The maximum atomic E-state index is 14.1. The Balaban J connectivity index is 1.30. The van der Waals surface area contributed by atoms with E-state index in [0.717, 1.165) is 49.1 Å². The molecule has 1 aliphatic carbocycles. The number of halogens is 1. The highest BCUT2D eigenvalue weighted by atomic mass is 32.2. The summed E-state index contributed by atoms with van der Waals surface area (Å²) in [6.45, 7) is 2.76. The van der Waals surface area contributed by atoms with Crippen LogP contribution < -0.4 is 21.3 Å². The molecule has 0 atom stereocenters. The molecule has 0 spiro atoms. The van der Waals surface area contributed by atoms with Gasteiger partial charge in [-0.2, -0.15) is 11.8 Å². The van der Waals surface area contributed by atoms with Gasteiger partial charge >= 0.3 is 5.69 Å². The van der Waals surface area contributed by atoms with Gasteiger partial charge in [-0.25, -0.2) is 14.2 Å². The molecule has 0 bridgehead atoms. The monoisotopic (exact) mass is 554 g/mol. The molecule has 2 aromatic heterocycles. The largest absolute Gasteiger partial charge is 0.494 e. The fourth-order valence-corrected chi connectivity index (χ4v) is 6.66. The van der Waals surface area contributed by atoms with Crippen molar-refractivity contribution in [2.45, 2.75) is 76.4 Å². The van der Waals surface area contributed by atoms with Gasteiger partial charge in [0.05, 0.1) is 18.2 Å². The van der Waals surface area contributed by atoms with Crippen molar-refractivity contribution in [2.24, 2.45) is 0 Å². The number of hydrogen-bond acceptors (Lipinski definition) is 6. The normalized spacial score (nSPS) is 20.2. The summed E-state index contributed by atoms with van der Waals surface area (Å²) in [6.07, 6.45) is 7.14. The van der Waals surface area contributed by atoms with Gasteiger partial charge in [0.25, 0.3) is 11.5 Å². The molecule has 39 heavy (non-hydrogen) atoms. The second-order valence-electron chi connectivity index (χ2n) is 10.4. The van der Waals surface area contributed by atoms with Crippen LogP contribution in [-0.4, -0.2) is 44.2 Å². The van der Waals surface area contributed by atoms with E-state index in [1.165, 1.54) is 10.6 Å². The van der Waals surface area contributed by atoms with E-state index in [1.807, 2.05) is 11.8 Å². The third-order valence-corrected chi connectivity index (χ3v) is 8.81. The van der Waals surface area contributed by atoms with Crippen LogP contribution in [0.3, 0.4) is 0 Å². The summed E-state index contributed by atoms with van der Waals surface area (Å²) in [4.78, 5) is 44.2. The quantitative estimate of drug-likeness (QED) is 0.400. The first-order valence-corrected chi connectivity index (χ1v) is 15.1. The van der Waals surface area contributed by atoms with Gasteiger partial charge in [0.1, 0.15) is 17.2 Å². The molecule has 2 fully saturated rings. The van der Waals surface area contributed by atoms with Crippen LogP contribution in [0, 0.1) is 5.82 Å². The van der Waals surface area contributed by atoms with Crippen LogP contribution in [-0.2, 0) is 0 Å². The lowest BCUT2D eigenvalue weighted by Gasteiger charge is -2.31. The van der Waals surface area contributed by atoms with Crippen LogP contribution in [0.5, 0.6) is 5.75 Å². The van der Waals surface area contributed by atoms with E-state index in [4.69, 9.17) is 4.74 Å². The minimum atomic E-state index is -0.595. The number of hydrogen-bond donors (Lipinski definition) is 1. The van der Waals surface area contributed by atoms with E-state index in [9.17, 15) is 18.8 Å². The third-order valence-electron chi connectivity index (χ3n) is 7.76. The van der Waals surface area contributed by atoms with Gasteiger partial charge in [-0.15, -0.1) is 0 Å². The summed E-state index contributed by atoms with van der Waals surface area (Å²) in [5.41, 5.74) is -0.0227. The molecule has 5 rings (SSSR count). The van der Waals surface area contributed by atoms with Crippen LogP contribution in [0.2, 0.25) is 0 Å². The van der Waals surface area contributed by atoms with E-state index in [-0.39, 0.29) is 40.8 Å². The molecule has 208 valence electrons. The Morgan fingerprint density at radius 1 is 1.05 bits per heavy atom. The summed E-state index contributed by atoms with van der Waals surface area (Å²) in [6, 6.07) is 7.90. The Morgan fingerprint density at radius 3 is 2.44 bits per heavy atom. The molecule has 1 aliphatic heterocycles. The number of aromatic nitrogens is 3. The van der Waals surface area contributed by atoms with E-state index in [0.29, 0.717) is 37.9 Å². The predicted molar refractivity (Wildman–Crippen MR) is 151 cm³/mol. The molecule has 3 heterocycles. The molecule has 10 heteroatoms. The van der Waals surface area contributed by atoms with Gasteiger partial charge in [0.15, 0.2) is 0 Å². The predicted octanol–water partition coefficient (Wildman–Crippen LogP) is 4.86. The van der Waals surface area contributed by atoms with Crippen LogP contribution in [0.25, 0.3) is 11.0 Å². The zero-order valence-corrected chi connectivity index (χ0v) is 23.1. The smallest absolute Gasteiger partial charge is 0.333 e. The van der Waals surface area contributed by atoms with E-state index in [1.54, 1.807) is 28.8 Å². The fraction of sp³-hybridized carbons (Fsp3) is 0.517. The Morgan fingerprint density at radius 2 is 1.74 bits per heavy atom. The molecule has 0 unspecified atom stereocenters. The van der Waals surface area contributed by atoms with Gasteiger partial charge in [0.2, 0.25) is 0 Å². The minimum absolute atomic E-state index is 0.0536. The summed E-state index contributed by atoms with van der Waals surface area (Å²) in [7, 11) is 0. The number of benzene rings is 1. The summed E-state index contributed by atoms with van der Waals surface area (Å²) < 4.78 is 22.7. The molecule has 1 saturated heterocycles. The summed E-state index contributed by atoms with van der Waals surface area (Å²) in [5.74, 6) is 1.86. The van der Waals surface area contributed by atoms with Crippen LogP contribution in [0.4, 0.5) is 4.39 Å². The van der Waals surface area contributed by atoms with E-state index in [2.05, 4.69) is 17.2 Å². The van der Waals surface area contributed by atoms with Crippen molar-refractivity contribution < 1.29 is 13.9 Å². The van der Waals surface area contributed by atoms with Gasteiger partial charge in [0, 0.05) is 23.7 Å². The number of nitrogens with one attached hydrogen (secondary N) is 1. The number of carbonyl (C=O) groups excluding carboxylic acids is 1.